The van der Waals surface area contributed by atoms with Gasteiger partial charge in [-0.15, -0.1) is 0 Å². The van der Waals surface area contributed by atoms with E-state index in [1.54, 1.807) is 32.4 Å². The third kappa shape index (κ3) is 5.78. The lowest BCUT2D eigenvalue weighted by Gasteiger charge is -2.41. The average molecular weight is 528 g/mol. The zero-order chi connectivity index (χ0) is 27.2. The Kier molecular flexibility index (Phi) is 8.47. The summed E-state index contributed by atoms with van der Waals surface area (Å²) in [4.78, 5) is 33.1. The van der Waals surface area contributed by atoms with Gasteiger partial charge in [-0.05, 0) is 36.1 Å². The van der Waals surface area contributed by atoms with E-state index < -0.39 is 0 Å². The predicted octanol–water partition coefficient (Wildman–Crippen LogP) is 4.49. The maximum Gasteiger partial charge on any atom is 0.261 e. The van der Waals surface area contributed by atoms with E-state index in [-0.39, 0.29) is 23.8 Å². The first kappa shape index (κ1) is 26.8. The Hall–Kier alpha value is -3.84. The molecule has 3 aromatic carbocycles. The number of piperazine rings is 1. The summed E-state index contributed by atoms with van der Waals surface area (Å²) in [7, 11) is 3.11. The summed E-state index contributed by atoms with van der Waals surface area (Å²) >= 11 is 0. The molecule has 2 heterocycles. The monoisotopic (exact) mass is 527 g/mol. The van der Waals surface area contributed by atoms with Crippen molar-refractivity contribution in [3.63, 3.8) is 0 Å². The molecule has 3 aromatic rings. The lowest BCUT2D eigenvalue weighted by Crippen LogP contribution is -2.52. The maximum atomic E-state index is 13.5. The minimum absolute atomic E-state index is 0.0563. The Labute approximate surface area is 230 Å². The molecule has 0 aliphatic carbocycles. The van der Waals surface area contributed by atoms with Crippen molar-refractivity contribution in [1.82, 2.24) is 14.7 Å². The molecular formula is C32H37N3O4. The van der Waals surface area contributed by atoms with Gasteiger partial charge in [-0.1, -0.05) is 66.7 Å². The van der Waals surface area contributed by atoms with Crippen molar-refractivity contribution < 1.29 is 19.1 Å². The molecule has 0 saturated carbocycles. The first-order valence-corrected chi connectivity index (χ1v) is 13.7. The minimum Gasteiger partial charge on any atom is -0.496 e. The molecule has 39 heavy (non-hydrogen) atoms. The molecule has 0 spiro atoms. The van der Waals surface area contributed by atoms with E-state index in [9.17, 15) is 9.59 Å². The molecule has 0 atom stereocenters. The lowest BCUT2D eigenvalue weighted by atomic mass is 9.93. The van der Waals surface area contributed by atoms with Crippen LogP contribution in [0.15, 0.2) is 78.9 Å². The lowest BCUT2D eigenvalue weighted by molar-refractivity contribution is -0.139. The third-order valence-electron chi connectivity index (χ3n) is 7.99. The molecule has 204 valence electrons. The van der Waals surface area contributed by atoms with Gasteiger partial charge in [-0.3, -0.25) is 14.5 Å². The normalized spacial score (nSPS) is 16.8. The van der Waals surface area contributed by atoms with Crippen molar-refractivity contribution in [2.45, 2.75) is 18.9 Å². The standard InChI is InChI=1S/C32H37N3O4/c1-38-27-14-9-15-28(39-2)29(27)32(37)34-18-16-26(17-19-34)31(36)35-22-20-33(21-23-35)30(24-10-5-3-6-11-24)25-12-7-4-8-13-25/h3-15,26,30H,16-23H2,1-2H3. The Balaban J connectivity index is 1.19. The molecule has 0 unspecified atom stereocenters. The van der Waals surface area contributed by atoms with Crippen molar-refractivity contribution in [1.29, 1.82) is 0 Å². The first-order chi connectivity index (χ1) is 19.1. The van der Waals surface area contributed by atoms with Crippen molar-refractivity contribution in [3.8, 4) is 11.5 Å². The number of amides is 2. The highest BCUT2D eigenvalue weighted by molar-refractivity contribution is 6.00. The fourth-order valence-electron chi connectivity index (χ4n) is 5.89. The second-order valence-electron chi connectivity index (χ2n) is 10.2. The number of hydrogen-bond donors (Lipinski definition) is 0. The molecule has 0 aromatic heterocycles. The summed E-state index contributed by atoms with van der Waals surface area (Å²) in [5.41, 5.74) is 2.98. The molecular weight excluding hydrogens is 490 g/mol. The number of carbonyl (C=O) groups is 2. The first-order valence-electron chi connectivity index (χ1n) is 13.7. The molecule has 5 rings (SSSR count). The number of nitrogens with zero attached hydrogens (tertiary/aromatic N) is 3. The summed E-state index contributed by atoms with van der Waals surface area (Å²) < 4.78 is 10.9. The minimum atomic E-state index is -0.114. The van der Waals surface area contributed by atoms with E-state index in [1.807, 2.05) is 21.9 Å². The van der Waals surface area contributed by atoms with Gasteiger partial charge in [-0.25, -0.2) is 0 Å². The second-order valence-corrected chi connectivity index (χ2v) is 10.2. The van der Waals surface area contributed by atoms with Crippen LogP contribution in [0.1, 0.15) is 40.4 Å². The van der Waals surface area contributed by atoms with Gasteiger partial charge in [0.1, 0.15) is 17.1 Å². The summed E-state index contributed by atoms with van der Waals surface area (Å²) in [6.07, 6.45) is 1.33. The third-order valence-corrected chi connectivity index (χ3v) is 7.99. The van der Waals surface area contributed by atoms with E-state index in [0.29, 0.717) is 56.1 Å². The molecule has 7 heteroatoms. The molecule has 2 saturated heterocycles. The second kappa shape index (κ2) is 12.3. The largest absolute Gasteiger partial charge is 0.496 e. The van der Waals surface area contributed by atoms with Crippen LogP contribution in [0.3, 0.4) is 0 Å². The van der Waals surface area contributed by atoms with Crippen LogP contribution in [0.5, 0.6) is 11.5 Å². The van der Waals surface area contributed by atoms with Gasteiger partial charge in [0.25, 0.3) is 5.91 Å². The van der Waals surface area contributed by atoms with Gasteiger partial charge in [-0.2, -0.15) is 0 Å². The molecule has 2 aliphatic heterocycles. The van der Waals surface area contributed by atoms with Crippen molar-refractivity contribution >= 4 is 11.8 Å². The zero-order valence-corrected chi connectivity index (χ0v) is 22.8. The number of likely N-dealkylation sites (tertiary alicyclic amines) is 1. The van der Waals surface area contributed by atoms with E-state index in [0.717, 1.165) is 13.1 Å². The van der Waals surface area contributed by atoms with Gasteiger partial charge in [0.15, 0.2) is 0 Å². The molecule has 2 fully saturated rings. The number of carbonyl (C=O) groups excluding carboxylic acids is 2. The van der Waals surface area contributed by atoms with Crippen LogP contribution in [0.4, 0.5) is 0 Å². The van der Waals surface area contributed by atoms with Gasteiger partial charge >= 0.3 is 0 Å². The van der Waals surface area contributed by atoms with Crippen LogP contribution in [0.2, 0.25) is 0 Å². The van der Waals surface area contributed by atoms with Crippen LogP contribution >= 0.6 is 0 Å². The quantitative estimate of drug-likeness (QED) is 0.453. The summed E-state index contributed by atoms with van der Waals surface area (Å²) in [5, 5.41) is 0. The van der Waals surface area contributed by atoms with Crippen LogP contribution in [-0.2, 0) is 4.79 Å². The van der Waals surface area contributed by atoms with Crippen molar-refractivity contribution in [2.24, 2.45) is 5.92 Å². The summed E-state index contributed by atoms with van der Waals surface area (Å²) in [6, 6.07) is 26.7. The smallest absolute Gasteiger partial charge is 0.261 e. The van der Waals surface area contributed by atoms with Gasteiger partial charge in [0, 0.05) is 45.2 Å². The Morgan fingerprint density at radius 2 is 1.18 bits per heavy atom. The zero-order valence-electron chi connectivity index (χ0n) is 22.8. The SMILES string of the molecule is COc1cccc(OC)c1C(=O)N1CCC(C(=O)N2CCN(C(c3ccccc3)c3ccccc3)CC2)CC1. The topological polar surface area (TPSA) is 62.3 Å². The van der Waals surface area contributed by atoms with E-state index in [1.165, 1.54) is 11.1 Å². The van der Waals surface area contributed by atoms with Crippen LogP contribution in [0.25, 0.3) is 0 Å². The Bertz CT molecular complexity index is 1190. The number of ether oxygens (including phenoxy) is 2. The Morgan fingerprint density at radius 3 is 1.67 bits per heavy atom. The summed E-state index contributed by atoms with van der Waals surface area (Å²) in [6.45, 7) is 4.16. The van der Waals surface area contributed by atoms with E-state index >= 15 is 0 Å². The van der Waals surface area contributed by atoms with Gasteiger partial charge in [0.2, 0.25) is 5.91 Å². The van der Waals surface area contributed by atoms with E-state index in [2.05, 4.69) is 53.4 Å². The number of benzene rings is 3. The molecule has 0 radical (unpaired) electrons. The highest BCUT2D eigenvalue weighted by atomic mass is 16.5. The van der Waals surface area contributed by atoms with Crippen LogP contribution in [-0.4, -0.2) is 80.0 Å². The maximum absolute atomic E-state index is 13.5. The number of hydrogen-bond acceptors (Lipinski definition) is 5. The average Bonchev–Trinajstić information content (AvgIpc) is 3.01. The van der Waals surface area contributed by atoms with E-state index in [4.69, 9.17) is 9.47 Å². The molecule has 2 amide bonds. The highest BCUT2D eigenvalue weighted by Crippen LogP contribution is 2.32. The summed E-state index contributed by atoms with van der Waals surface area (Å²) in [5.74, 6) is 1.04. The fraction of sp³-hybridized carbons (Fsp3) is 0.375. The number of methoxy groups -OCH3 is 2. The highest BCUT2D eigenvalue weighted by Gasteiger charge is 2.34. The molecule has 7 nitrogen and oxygen atoms in total. The van der Waals surface area contributed by atoms with Crippen molar-refractivity contribution in [2.75, 3.05) is 53.5 Å². The van der Waals surface area contributed by atoms with Crippen molar-refractivity contribution in [3.05, 3.63) is 95.6 Å². The Morgan fingerprint density at radius 1 is 0.667 bits per heavy atom. The number of rotatable bonds is 7. The molecule has 2 aliphatic rings. The van der Waals surface area contributed by atoms with Gasteiger partial charge in [0.05, 0.1) is 20.3 Å². The predicted molar refractivity (Wildman–Crippen MR) is 151 cm³/mol. The number of piperidine rings is 1. The molecule has 0 N–H and O–H groups in total. The fourth-order valence-corrected chi connectivity index (χ4v) is 5.89. The van der Waals surface area contributed by atoms with Gasteiger partial charge < -0.3 is 19.3 Å². The molecule has 0 bridgehead atoms. The van der Waals surface area contributed by atoms with Crippen LogP contribution in [0, 0.1) is 5.92 Å². The van der Waals surface area contributed by atoms with Crippen LogP contribution < -0.4 is 9.47 Å².